The molecule has 0 amide bonds. The van der Waals surface area contributed by atoms with Crippen molar-refractivity contribution in [2.24, 2.45) is 0 Å². The zero-order valence-electron chi connectivity index (χ0n) is 15.0. The second-order valence-corrected chi connectivity index (χ2v) is 7.81. The fourth-order valence-corrected chi connectivity index (χ4v) is 3.77. The van der Waals surface area contributed by atoms with Gasteiger partial charge in [0.1, 0.15) is 6.61 Å². The topological polar surface area (TPSA) is 96.3 Å². The number of ether oxygens (including phenoxy) is 1. The standard InChI is InChI=1S/C21H18N2O4S/c22-13-4-14-23-28(25,26)19-11-9-17(10-12-19)21(24)27-15-18-7-3-6-16-5-1-2-8-20(16)18/h1-3,5-12,23H,4,14-15H2. The first-order valence-corrected chi connectivity index (χ1v) is 10.1. The second-order valence-electron chi connectivity index (χ2n) is 6.04. The quantitative estimate of drug-likeness (QED) is 0.489. The molecule has 0 heterocycles. The van der Waals surface area contributed by atoms with E-state index in [2.05, 4.69) is 4.72 Å². The molecule has 0 saturated carbocycles. The highest BCUT2D eigenvalue weighted by molar-refractivity contribution is 7.89. The fourth-order valence-electron chi connectivity index (χ4n) is 2.74. The predicted molar refractivity (Wildman–Crippen MR) is 105 cm³/mol. The van der Waals surface area contributed by atoms with E-state index in [-0.39, 0.29) is 30.0 Å². The van der Waals surface area contributed by atoms with Crippen molar-refractivity contribution >= 4 is 26.8 Å². The minimum absolute atomic E-state index is 0.0241. The van der Waals surface area contributed by atoms with Gasteiger partial charge in [-0.3, -0.25) is 0 Å². The van der Waals surface area contributed by atoms with Crippen LogP contribution in [0.1, 0.15) is 22.3 Å². The largest absolute Gasteiger partial charge is 0.457 e. The normalized spacial score (nSPS) is 11.1. The summed E-state index contributed by atoms with van der Waals surface area (Å²) in [6, 6.07) is 21.0. The first kappa shape index (κ1) is 19.5. The Bertz CT molecular complexity index is 1130. The molecule has 0 saturated heterocycles. The van der Waals surface area contributed by atoms with E-state index in [0.29, 0.717) is 0 Å². The highest BCUT2D eigenvalue weighted by Gasteiger charge is 2.15. The molecule has 0 aromatic heterocycles. The van der Waals surface area contributed by atoms with Crippen LogP contribution in [0.2, 0.25) is 0 Å². The number of nitrogens with one attached hydrogen (secondary N) is 1. The molecular formula is C21H18N2O4S. The van der Waals surface area contributed by atoms with E-state index >= 15 is 0 Å². The van der Waals surface area contributed by atoms with E-state index in [1.165, 1.54) is 24.3 Å². The molecule has 3 aromatic carbocycles. The monoisotopic (exact) mass is 394 g/mol. The molecule has 0 unspecified atom stereocenters. The van der Waals surface area contributed by atoms with E-state index in [1.807, 2.05) is 48.5 Å². The number of sulfonamides is 1. The van der Waals surface area contributed by atoms with Crippen LogP contribution in [0.3, 0.4) is 0 Å². The molecular weight excluding hydrogens is 376 g/mol. The van der Waals surface area contributed by atoms with Gasteiger partial charge in [0, 0.05) is 13.0 Å². The van der Waals surface area contributed by atoms with E-state index in [4.69, 9.17) is 10.00 Å². The van der Waals surface area contributed by atoms with Crippen LogP contribution in [0.4, 0.5) is 0 Å². The third-order valence-electron chi connectivity index (χ3n) is 4.17. The van der Waals surface area contributed by atoms with Gasteiger partial charge in [-0.15, -0.1) is 0 Å². The highest BCUT2D eigenvalue weighted by Crippen LogP contribution is 2.20. The van der Waals surface area contributed by atoms with Crippen LogP contribution in [0.15, 0.2) is 71.6 Å². The molecule has 3 rings (SSSR count). The Morgan fingerprint density at radius 1 is 1.00 bits per heavy atom. The summed E-state index contributed by atoms with van der Waals surface area (Å²) >= 11 is 0. The Balaban J connectivity index is 1.67. The number of carbonyl (C=O) groups excluding carboxylic acids is 1. The summed E-state index contributed by atoms with van der Waals surface area (Å²) in [5.74, 6) is -0.533. The molecule has 0 fully saturated rings. The predicted octanol–water partition coefficient (Wildman–Crippen LogP) is 3.39. The fraction of sp³-hybridized carbons (Fsp3) is 0.143. The number of esters is 1. The molecule has 0 spiro atoms. The molecule has 0 bridgehead atoms. The number of rotatable bonds is 7. The van der Waals surface area contributed by atoms with Gasteiger partial charge in [0.05, 0.1) is 16.5 Å². The van der Waals surface area contributed by atoms with Gasteiger partial charge in [-0.1, -0.05) is 42.5 Å². The molecule has 7 heteroatoms. The first-order valence-electron chi connectivity index (χ1n) is 8.62. The summed E-state index contributed by atoms with van der Waals surface area (Å²) in [5.41, 5.74) is 1.16. The smallest absolute Gasteiger partial charge is 0.338 e. The average Bonchev–Trinajstić information content (AvgIpc) is 2.72. The van der Waals surface area contributed by atoms with Crippen molar-refractivity contribution in [1.82, 2.24) is 4.72 Å². The van der Waals surface area contributed by atoms with Crippen molar-refractivity contribution in [2.75, 3.05) is 6.54 Å². The number of hydrogen-bond acceptors (Lipinski definition) is 5. The van der Waals surface area contributed by atoms with Crippen LogP contribution in [0, 0.1) is 11.3 Å². The summed E-state index contributed by atoms with van der Waals surface area (Å²) in [7, 11) is -3.71. The van der Waals surface area contributed by atoms with Gasteiger partial charge in [-0.2, -0.15) is 5.26 Å². The lowest BCUT2D eigenvalue weighted by molar-refractivity contribution is 0.0474. The molecule has 1 N–H and O–H groups in total. The van der Waals surface area contributed by atoms with Crippen molar-refractivity contribution in [3.05, 3.63) is 77.9 Å². The van der Waals surface area contributed by atoms with Crippen LogP contribution in [-0.2, 0) is 21.4 Å². The van der Waals surface area contributed by atoms with Gasteiger partial charge < -0.3 is 4.74 Å². The Labute approximate surface area is 163 Å². The van der Waals surface area contributed by atoms with Gasteiger partial charge >= 0.3 is 5.97 Å². The lowest BCUT2D eigenvalue weighted by atomic mass is 10.1. The lowest BCUT2D eigenvalue weighted by Crippen LogP contribution is -2.24. The lowest BCUT2D eigenvalue weighted by Gasteiger charge is -2.09. The van der Waals surface area contributed by atoms with Gasteiger partial charge in [0.25, 0.3) is 0 Å². The minimum atomic E-state index is -3.71. The molecule has 0 aliphatic heterocycles. The van der Waals surface area contributed by atoms with Crippen molar-refractivity contribution < 1.29 is 17.9 Å². The average molecular weight is 394 g/mol. The van der Waals surface area contributed by atoms with Crippen molar-refractivity contribution in [3.63, 3.8) is 0 Å². The summed E-state index contributed by atoms with van der Waals surface area (Å²) < 4.78 is 31.9. The van der Waals surface area contributed by atoms with E-state index < -0.39 is 16.0 Å². The van der Waals surface area contributed by atoms with E-state index in [9.17, 15) is 13.2 Å². The van der Waals surface area contributed by atoms with Crippen molar-refractivity contribution in [1.29, 1.82) is 5.26 Å². The third kappa shape index (κ3) is 4.55. The molecule has 142 valence electrons. The molecule has 0 aliphatic rings. The zero-order valence-corrected chi connectivity index (χ0v) is 15.8. The number of nitriles is 1. The van der Waals surface area contributed by atoms with Crippen LogP contribution in [0.5, 0.6) is 0 Å². The van der Waals surface area contributed by atoms with Gasteiger partial charge in [-0.05, 0) is 40.6 Å². The molecule has 3 aromatic rings. The SMILES string of the molecule is N#CCCNS(=O)(=O)c1ccc(C(=O)OCc2cccc3ccccc23)cc1. The number of fused-ring (bicyclic) bond motifs is 1. The Morgan fingerprint density at radius 3 is 2.46 bits per heavy atom. The Morgan fingerprint density at radius 2 is 1.71 bits per heavy atom. The summed E-state index contributed by atoms with van der Waals surface area (Å²) in [6.07, 6.45) is 0.0812. The minimum Gasteiger partial charge on any atom is -0.457 e. The Hall–Kier alpha value is -3.21. The van der Waals surface area contributed by atoms with Crippen LogP contribution in [0.25, 0.3) is 10.8 Å². The number of hydrogen-bond donors (Lipinski definition) is 1. The summed E-state index contributed by atoms with van der Waals surface area (Å²) in [5, 5.41) is 10.6. The third-order valence-corrected chi connectivity index (χ3v) is 5.64. The maximum Gasteiger partial charge on any atom is 0.338 e. The van der Waals surface area contributed by atoms with Crippen molar-refractivity contribution in [3.8, 4) is 6.07 Å². The molecule has 0 atom stereocenters. The van der Waals surface area contributed by atoms with E-state index in [0.717, 1.165) is 16.3 Å². The maximum atomic E-state index is 12.3. The number of benzene rings is 3. The van der Waals surface area contributed by atoms with Gasteiger partial charge in [0.2, 0.25) is 10.0 Å². The Kier molecular flexibility index (Phi) is 6.04. The van der Waals surface area contributed by atoms with Crippen LogP contribution < -0.4 is 4.72 Å². The zero-order chi connectivity index (χ0) is 20.0. The molecule has 0 aliphatic carbocycles. The first-order chi connectivity index (χ1) is 13.5. The summed E-state index contributed by atoms with van der Waals surface area (Å²) in [6.45, 7) is 0.156. The molecule has 28 heavy (non-hydrogen) atoms. The van der Waals surface area contributed by atoms with Crippen LogP contribution in [-0.4, -0.2) is 20.9 Å². The van der Waals surface area contributed by atoms with Crippen molar-refractivity contribution in [2.45, 2.75) is 17.9 Å². The maximum absolute atomic E-state index is 12.3. The number of nitrogens with zero attached hydrogens (tertiary/aromatic N) is 1. The highest BCUT2D eigenvalue weighted by atomic mass is 32.2. The second kappa shape index (κ2) is 8.65. The number of carbonyl (C=O) groups is 1. The summed E-state index contributed by atoms with van der Waals surface area (Å²) in [4.78, 5) is 12.3. The molecule has 6 nitrogen and oxygen atoms in total. The van der Waals surface area contributed by atoms with Crippen LogP contribution >= 0.6 is 0 Å². The van der Waals surface area contributed by atoms with E-state index in [1.54, 1.807) is 0 Å². The van der Waals surface area contributed by atoms with Gasteiger partial charge in [-0.25, -0.2) is 17.9 Å². The molecule has 0 radical (unpaired) electrons. The van der Waals surface area contributed by atoms with Gasteiger partial charge in [0.15, 0.2) is 0 Å².